The molecule has 1 atom stereocenters. The van der Waals surface area contributed by atoms with E-state index in [2.05, 4.69) is 41.4 Å². The van der Waals surface area contributed by atoms with E-state index in [1.165, 1.54) is 5.56 Å². The first-order valence-electron chi connectivity index (χ1n) is 9.64. The Morgan fingerprint density at radius 1 is 1.00 bits per heavy atom. The molecule has 2 N–H and O–H groups in total. The van der Waals surface area contributed by atoms with Crippen LogP contribution in [0.5, 0.6) is 0 Å². The van der Waals surface area contributed by atoms with Crippen molar-refractivity contribution >= 4 is 34.7 Å². The Balaban J connectivity index is 1.69. The molecule has 0 saturated heterocycles. The second-order valence-corrected chi connectivity index (χ2v) is 7.45. The Bertz CT molecular complexity index is 1140. The number of thiocarbonyl (C=S) groups is 1. The fourth-order valence-corrected chi connectivity index (χ4v) is 3.64. The Labute approximate surface area is 181 Å². The fraction of sp³-hybridized carbons (Fsp3) is 0.0800. The molecular weight excluding hydrogens is 388 g/mol. The first-order chi connectivity index (χ1) is 14.7. The Hall–Kier alpha value is -3.75. The molecule has 30 heavy (non-hydrogen) atoms. The number of nitriles is 1. The summed E-state index contributed by atoms with van der Waals surface area (Å²) in [5.74, 6) is 0. The summed E-state index contributed by atoms with van der Waals surface area (Å²) in [6.45, 7) is 0. The SMILES string of the molecule is N#C/C(=C\c1ccc(N2N=C(c3ccccc3)CC2c2ccccc2)cc1)C(N)=S. The number of hydrogen-bond donors (Lipinski definition) is 1. The van der Waals surface area contributed by atoms with Gasteiger partial charge in [0.05, 0.1) is 23.0 Å². The van der Waals surface area contributed by atoms with Gasteiger partial charge in [-0.3, -0.25) is 5.01 Å². The highest BCUT2D eigenvalue weighted by Crippen LogP contribution is 2.36. The molecular formula is C25H20N4S. The molecule has 0 fully saturated rings. The minimum Gasteiger partial charge on any atom is -0.389 e. The minimum absolute atomic E-state index is 0.0994. The van der Waals surface area contributed by atoms with Crippen molar-refractivity contribution in [1.82, 2.24) is 0 Å². The van der Waals surface area contributed by atoms with Crippen molar-refractivity contribution in [3.8, 4) is 6.07 Å². The Morgan fingerprint density at radius 2 is 1.63 bits per heavy atom. The first-order valence-corrected chi connectivity index (χ1v) is 10.1. The third kappa shape index (κ3) is 4.14. The smallest absolute Gasteiger partial charge is 0.114 e. The van der Waals surface area contributed by atoms with Crippen LogP contribution in [-0.4, -0.2) is 10.7 Å². The third-order valence-corrected chi connectivity index (χ3v) is 5.28. The zero-order chi connectivity index (χ0) is 20.9. The fourth-order valence-electron chi connectivity index (χ4n) is 3.54. The summed E-state index contributed by atoms with van der Waals surface area (Å²) in [5, 5.41) is 16.2. The summed E-state index contributed by atoms with van der Waals surface area (Å²) < 4.78 is 0. The van der Waals surface area contributed by atoms with Gasteiger partial charge in [0.1, 0.15) is 11.1 Å². The number of hydrazone groups is 1. The highest BCUT2D eigenvalue weighted by molar-refractivity contribution is 7.80. The van der Waals surface area contributed by atoms with Crippen molar-refractivity contribution in [3.05, 3.63) is 107 Å². The van der Waals surface area contributed by atoms with E-state index in [-0.39, 0.29) is 11.0 Å². The monoisotopic (exact) mass is 408 g/mol. The standard InChI is InChI=1S/C25H20N4S/c26-17-21(25(27)30)15-18-11-13-22(14-12-18)29-24(20-9-5-2-6-10-20)16-23(28-29)19-7-3-1-4-8-19/h1-15,24H,16H2,(H2,27,30)/b21-15+. The van der Waals surface area contributed by atoms with Crippen LogP contribution in [0.25, 0.3) is 6.08 Å². The minimum atomic E-state index is 0.0994. The summed E-state index contributed by atoms with van der Waals surface area (Å²) in [6.07, 6.45) is 2.53. The van der Waals surface area contributed by atoms with E-state index < -0.39 is 0 Å². The molecule has 0 aliphatic carbocycles. The number of anilines is 1. The zero-order valence-electron chi connectivity index (χ0n) is 16.3. The quantitative estimate of drug-likeness (QED) is 0.356. The average Bonchev–Trinajstić information content (AvgIpc) is 3.24. The molecule has 4 nitrogen and oxygen atoms in total. The first kappa shape index (κ1) is 19.6. The molecule has 146 valence electrons. The van der Waals surface area contributed by atoms with Gasteiger partial charge >= 0.3 is 0 Å². The second-order valence-electron chi connectivity index (χ2n) is 7.01. The van der Waals surface area contributed by atoms with Gasteiger partial charge in [0.25, 0.3) is 0 Å². The van der Waals surface area contributed by atoms with Gasteiger partial charge in [0, 0.05) is 6.42 Å². The van der Waals surface area contributed by atoms with E-state index >= 15 is 0 Å². The van der Waals surface area contributed by atoms with E-state index in [1.807, 2.05) is 54.6 Å². The molecule has 5 heteroatoms. The van der Waals surface area contributed by atoms with Gasteiger partial charge in [-0.1, -0.05) is 85.0 Å². The molecule has 1 aliphatic heterocycles. The largest absolute Gasteiger partial charge is 0.389 e. The van der Waals surface area contributed by atoms with Crippen molar-refractivity contribution < 1.29 is 0 Å². The lowest BCUT2D eigenvalue weighted by molar-refractivity contribution is 0.709. The lowest BCUT2D eigenvalue weighted by Gasteiger charge is -2.24. The van der Waals surface area contributed by atoms with Crippen LogP contribution in [0.15, 0.2) is 95.6 Å². The average molecular weight is 409 g/mol. The molecule has 0 amide bonds. The normalized spacial score (nSPS) is 16.1. The van der Waals surface area contributed by atoms with Gasteiger partial charge in [-0.25, -0.2) is 0 Å². The number of nitrogens with two attached hydrogens (primary N) is 1. The van der Waals surface area contributed by atoms with Crippen LogP contribution in [0, 0.1) is 11.3 Å². The van der Waals surface area contributed by atoms with Crippen LogP contribution < -0.4 is 10.7 Å². The maximum Gasteiger partial charge on any atom is 0.114 e. The topological polar surface area (TPSA) is 65.4 Å². The summed E-state index contributed by atoms with van der Waals surface area (Å²) in [4.78, 5) is 0.0994. The third-order valence-electron chi connectivity index (χ3n) is 5.06. The van der Waals surface area contributed by atoms with Gasteiger partial charge in [0.15, 0.2) is 0 Å². The summed E-state index contributed by atoms with van der Waals surface area (Å²) in [6, 6.07) is 30.8. The van der Waals surface area contributed by atoms with Crippen molar-refractivity contribution in [1.29, 1.82) is 5.26 Å². The van der Waals surface area contributed by atoms with Crippen LogP contribution in [0.2, 0.25) is 0 Å². The second kappa shape index (κ2) is 8.73. The van der Waals surface area contributed by atoms with E-state index in [0.29, 0.717) is 5.57 Å². The van der Waals surface area contributed by atoms with Gasteiger partial charge in [-0.2, -0.15) is 10.4 Å². The Kier molecular flexibility index (Phi) is 5.69. The van der Waals surface area contributed by atoms with E-state index in [4.69, 9.17) is 23.1 Å². The van der Waals surface area contributed by atoms with Crippen molar-refractivity contribution in [3.63, 3.8) is 0 Å². The van der Waals surface area contributed by atoms with Crippen molar-refractivity contribution in [2.75, 3.05) is 5.01 Å². The maximum atomic E-state index is 9.17. The van der Waals surface area contributed by atoms with Gasteiger partial charge in [-0.15, -0.1) is 0 Å². The molecule has 4 rings (SSSR count). The highest BCUT2D eigenvalue weighted by atomic mass is 32.1. The number of nitrogens with zero attached hydrogens (tertiary/aromatic N) is 3. The molecule has 0 bridgehead atoms. The van der Waals surface area contributed by atoms with E-state index in [1.54, 1.807) is 6.08 Å². The van der Waals surface area contributed by atoms with Gasteiger partial charge in [-0.05, 0) is 34.9 Å². The molecule has 0 spiro atoms. The Morgan fingerprint density at radius 3 is 2.23 bits per heavy atom. The van der Waals surface area contributed by atoms with Gasteiger partial charge < -0.3 is 5.73 Å². The van der Waals surface area contributed by atoms with Crippen molar-refractivity contribution in [2.24, 2.45) is 10.8 Å². The number of benzene rings is 3. The molecule has 3 aromatic carbocycles. The number of rotatable bonds is 5. The predicted octanol–water partition coefficient (Wildman–Crippen LogP) is 5.24. The molecule has 0 aromatic heterocycles. The summed E-state index contributed by atoms with van der Waals surface area (Å²) in [5.41, 5.74) is 11.2. The van der Waals surface area contributed by atoms with E-state index in [0.717, 1.165) is 28.9 Å². The molecule has 3 aromatic rings. The molecule has 1 unspecified atom stereocenters. The lowest BCUT2D eigenvalue weighted by Crippen LogP contribution is -2.18. The predicted molar refractivity (Wildman–Crippen MR) is 126 cm³/mol. The van der Waals surface area contributed by atoms with E-state index in [9.17, 15) is 5.26 Å². The zero-order valence-corrected chi connectivity index (χ0v) is 17.1. The summed E-state index contributed by atoms with van der Waals surface area (Å²) >= 11 is 4.92. The number of hydrogen-bond acceptors (Lipinski definition) is 4. The van der Waals surface area contributed by atoms with Crippen molar-refractivity contribution in [2.45, 2.75) is 12.5 Å². The van der Waals surface area contributed by atoms with Gasteiger partial charge in [0.2, 0.25) is 0 Å². The van der Waals surface area contributed by atoms with Crippen LogP contribution in [0.3, 0.4) is 0 Å². The highest BCUT2D eigenvalue weighted by Gasteiger charge is 2.29. The molecule has 1 aliphatic rings. The summed E-state index contributed by atoms with van der Waals surface area (Å²) in [7, 11) is 0. The molecule has 0 saturated carbocycles. The lowest BCUT2D eigenvalue weighted by atomic mass is 9.98. The van der Waals surface area contributed by atoms with Crippen LogP contribution in [0.1, 0.15) is 29.2 Å². The maximum absolute atomic E-state index is 9.17. The van der Waals surface area contributed by atoms with Crippen LogP contribution in [0.4, 0.5) is 5.69 Å². The molecule has 1 heterocycles. The van der Waals surface area contributed by atoms with Crippen LogP contribution >= 0.6 is 12.2 Å². The van der Waals surface area contributed by atoms with Crippen LogP contribution in [-0.2, 0) is 0 Å². The molecule has 0 radical (unpaired) electrons.